The summed E-state index contributed by atoms with van der Waals surface area (Å²) < 4.78 is 13.1. The number of nitrogens with one attached hydrogen (secondary N) is 1. The molecule has 0 aliphatic rings. The van der Waals surface area contributed by atoms with Crippen molar-refractivity contribution in [3.8, 4) is 11.4 Å². The van der Waals surface area contributed by atoms with Crippen LogP contribution in [0, 0.1) is 12.7 Å². The van der Waals surface area contributed by atoms with Gasteiger partial charge in [0.15, 0.2) is 0 Å². The van der Waals surface area contributed by atoms with Crippen molar-refractivity contribution in [3.05, 3.63) is 58.9 Å². The van der Waals surface area contributed by atoms with Crippen LogP contribution in [0.2, 0.25) is 5.02 Å². The fourth-order valence-electron chi connectivity index (χ4n) is 2.14. The maximum atomic E-state index is 13.1. The van der Waals surface area contributed by atoms with Crippen molar-refractivity contribution in [2.75, 3.05) is 5.32 Å². The molecular weight excluding hydrogens is 345 g/mol. The van der Waals surface area contributed by atoms with Crippen LogP contribution in [0.15, 0.2) is 42.5 Å². The third kappa shape index (κ3) is 3.83. The molecule has 6 nitrogen and oxygen atoms in total. The smallest absolute Gasteiger partial charge is 0.250 e. The second kappa shape index (κ2) is 6.98. The number of halogens is 2. The number of nitrogens with zero attached hydrogens (tertiary/aromatic N) is 4. The lowest BCUT2D eigenvalue weighted by atomic mass is 10.1. The molecule has 0 saturated carbocycles. The molecule has 0 bridgehead atoms. The van der Waals surface area contributed by atoms with Gasteiger partial charge in [0.05, 0.1) is 10.7 Å². The van der Waals surface area contributed by atoms with E-state index in [0.717, 1.165) is 17.2 Å². The zero-order chi connectivity index (χ0) is 18.0. The van der Waals surface area contributed by atoms with Crippen molar-refractivity contribution in [1.82, 2.24) is 20.2 Å². The molecule has 0 saturated heterocycles. The fraction of sp³-hybridized carbons (Fsp3) is 0.176. The summed E-state index contributed by atoms with van der Waals surface area (Å²) in [5.41, 5.74) is 2.25. The molecule has 8 heteroatoms. The third-order valence-corrected chi connectivity index (χ3v) is 3.97. The van der Waals surface area contributed by atoms with E-state index in [1.165, 1.54) is 16.9 Å². The summed E-state index contributed by atoms with van der Waals surface area (Å²) in [6, 6.07) is 10.7. The predicted molar refractivity (Wildman–Crippen MR) is 92.7 cm³/mol. The molecule has 1 heterocycles. The maximum absolute atomic E-state index is 13.1. The van der Waals surface area contributed by atoms with Gasteiger partial charge in [0.2, 0.25) is 5.82 Å². The van der Waals surface area contributed by atoms with Gasteiger partial charge in [-0.05, 0) is 37.3 Å². The summed E-state index contributed by atoms with van der Waals surface area (Å²) in [6.45, 7) is 3.62. The topological polar surface area (TPSA) is 72.7 Å². The van der Waals surface area contributed by atoms with Gasteiger partial charge in [-0.2, -0.15) is 4.80 Å². The Morgan fingerprint density at radius 3 is 2.64 bits per heavy atom. The Morgan fingerprint density at radius 1 is 1.24 bits per heavy atom. The van der Waals surface area contributed by atoms with Crippen LogP contribution in [-0.2, 0) is 4.79 Å². The van der Waals surface area contributed by atoms with Gasteiger partial charge < -0.3 is 5.32 Å². The minimum absolute atomic E-state index is 0.118. The molecule has 25 heavy (non-hydrogen) atoms. The lowest BCUT2D eigenvalue weighted by molar-refractivity contribution is -0.119. The lowest BCUT2D eigenvalue weighted by Gasteiger charge is -2.11. The Morgan fingerprint density at radius 2 is 1.96 bits per heavy atom. The number of carbonyl (C=O) groups is 1. The van der Waals surface area contributed by atoms with Crippen LogP contribution in [0.5, 0.6) is 0 Å². The van der Waals surface area contributed by atoms with Crippen molar-refractivity contribution in [2.24, 2.45) is 0 Å². The van der Waals surface area contributed by atoms with E-state index < -0.39 is 11.9 Å². The molecule has 3 rings (SSSR count). The highest BCUT2D eigenvalue weighted by Gasteiger charge is 2.19. The van der Waals surface area contributed by atoms with Gasteiger partial charge in [-0.3, -0.25) is 4.79 Å². The minimum atomic E-state index is -0.715. The molecule has 0 radical (unpaired) electrons. The molecule has 0 aliphatic carbocycles. The summed E-state index contributed by atoms with van der Waals surface area (Å²) in [7, 11) is 0. The van der Waals surface area contributed by atoms with Gasteiger partial charge in [0, 0.05) is 5.56 Å². The SMILES string of the molecule is Cc1ccc(-c2nnn([C@@H](C)C(=O)Nc3ccc(F)cc3Cl)n2)cc1. The van der Waals surface area contributed by atoms with E-state index in [4.69, 9.17) is 11.6 Å². The Balaban J connectivity index is 1.75. The molecule has 1 atom stereocenters. The Hall–Kier alpha value is -2.80. The normalized spacial score (nSPS) is 12.0. The summed E-state index contributed by atoms with van der Waals surface area (Å²) in [5, 5.41) is 14.9. The van der Waals surface area contributed by atoms with Gasteiger partial charge in [0.25, 0.3) is 5.91 Å². The van der Waals surface area contributed by atoms with Crippen LogP contribution in [0.25, 0.3) is 11.4 Å². The Labute approximate surface area is 148 Å². The molecule has 3 aromatic rings. The minimum Gasteiger partial charge on any atom is -0.323 e. The van der Waals surface area contributed by atoms with Gasteiger partial charge in [0.1, 0.15) is 11.9 Å². The lowest BCUT2D eigenvalue weighted by Crippen LogP contribution is -2.25. The molecular formula is C17H15ClFN5O. The van der Waals surface area contributed by atoms with Crippen molar-refractivity contribution >= 4 is 23.2 Å². The largest absolute Gasteiger partial charge is 0.323 e. The molecule has 0 spiro atoms. The number of anilines is 1. The van der Waals surface area contributed by atoms with Crippen LogP contribution < -0.4 is 5.32 Å². The molecule has 0 aliphatic heterocycles. The van der Waals surface area contributed by atoms with Crippen molar-refractivity contribution in [1.29, 1.82) is 0 Å². The van der Waals surface area contributed by atoms with E-state index >= 15 is 0 Å². The molecule has 0 fully saturated rings. The number of tetrazole rings is 1. The van der Waals surface area contributed by atoms with Crippen LogP contribution in [0.4, 0.5) is 10.1 Å². The molecule has 2 aromatic carbocycles. The highest BCUT2D eigenvalue weighted by molar-refractivity contribution is 6.33. The van der Waals surface area contributed by atoms with Crippen molar-refractivity contribution in [3.63, 3.8) is 0 Å². The first-order valence-electron chi connectivity index (χ1n) is 7.56. The van der Waals surface area contributed by atoms with Gasteiger partial charge in [-0.15, -0.1) is 10.2 Å². The summed E-state index contributed by atoms with van der Waals surface area (Å²) in [6.07, 6.45) is 0. The highest BCUT2D eigenvalue weighted by Crippen LogP contribution is 2.23. The first kappa shape index (κ1) is 17.0. The van der Waals surface area contributed by atoms with Gasteiger partial charge in [-0.25, -0.2) is 4.39 Å². The van der Waals surface area contributed by atoms with E-state index in [9.17, 15) is 9.18 Å². The van der Waals surface area contributed by atoms with E-state index in [0.29, 0.717) is 11.5 Å². The van der Waals surface area contributed by atoms with Crippen molar-refractivity contribution in [2.45, 2.75) is 19.9 Å². The number of hydrogen-bond donors (Lipinski definition) is 1. The van der Waals surface area contributed by atoms with Crippen LogP contribution in [0.3, 0.4) is 0 Å². The van der Waals surface area contributed by atoms with E-state index in [-0.39, 0.29) is 10.9 Å². The van der Waals surface area contributed by atoms with E-state index in [1.807, 2.05) is 31.2 Å². The number of carbonyl (C=O) groups excluding carboxylic acids is 1. The average Bonchev–Trinajstić information content (AvgIpc) is 3.07. The fourth-order valence-corrected chi connectivity index (χ4v) is 2.35. The maximum Gasteiger partial charge on any atom is 0.250 e. The second-order valence-corrected chi connectivity index (χ2v) is 6.00. The monoisotopic (exact) mass is 359 g/mol. The molecule has 1 amide bonds. The quantitative estimate of drug-likeness (QED) is 0.771. The van der Waals surface area contributed by atoms with E-state index in [1.54, 1.807) is 6.92 Å². The standard InChI is InChI=1S/C17H15ClFN5O/c1-10-3-5-12(6-4-10)16-21-23-24(22-16)11(2)17(25)20-15-8-7-13(19)9-14(15)18/h3-9,11H,1-2H3,(H,20,25)/t11-/m0/s1. The van der Waals surface area contributed by atoms with Crippen LogP contribution in [-0.4, -0.2) is 26.1 Å². The summed E-state index contributed by atoms with van der Waals surface area (Å²) in [5.74, 6) is -0.433. The number of hydrogen-bond acceptors (Lipinski definition) is 4. The number of aryl methyl sites for hydroxylation is 1. The van der Waals surface area contributed by atoms with Gasteiger partial charge in [-0.1, -0.05) is 41.4 Å². The van der Waals surface area contributed by atoms with Crippen LogP contribution >= 0.6 is 11.6 Å². The first-order valence-corrected chi connectivity index (χ1v) is 7.94. The Bertz CT molecular complexity index is 910. The number of amides is 1. The molecule has 1 N–H and O–H groups in total. The van der Waals surface area contributed by atoms with Crippen molar-refractivity contribution < 1.29 is 9.18 Å². The summed E-state index contributed by atoms with van der Waals surface area (Å²) >= 11 is 5.92. The zero-order valence-electron chi connectivity index (χ0n) is 13.6. The molecule has 1 aromatic heterocycles. The predicted octanol–water partition coefficient (Wildman–Crippen LogP) is 3.64. The van der Waals surface area contributed by atoms with E-state index in [2.05, 4.69) is 20.7 Å². The third-order valence-electron chi connectivity index (χ3n) is 3.65. The number of aromatic nitrogens is 4. The summed E-state index contributed by atoms with van der Waals surface area (Å²) in [4.78, 5) is 13.6. The number of benzene rings is 2. The van der Waals surface area contributed by atoms with Gasteiger partial charge >= 0.3 is 0 Å². The first-order chi connectivity index (χ1) is 11.9. The average molecular weight is 360 g/mol. The highest BCUT2D eigenvalue weighted by atomic mass is 35.5. The Kier molecular flexibility index (Phi) is 4.76. The molecule has 0 unspecified atom stereocenters. The van der Waals surface area contributed by atoms with Crippen LogP contribution in [0.1, 0.15) is 18.5 Å². The second-order valence-electron chi connectivity index (χ2n) is 5.59. The zero-order valence-corrected chi connectivity index (χ0v) is 14.3. The number of rotatable bonds is 4. The molecule has 128 valence electrons.